The molecule has 0 aromatic heterocycles. The summed E-state index contributed by atoms with van der Waals surface area (Å²) in [5, 5.41) is 0. The SMILES string of the molecule is CCCCN(CC)C1=CN=CCP1. The van der Waals surface area contributed by atoms with E-state index in [4.69, 9.17) is 0 Å². The van der Waals surface area contributed by atoms with Gasteiger partial charge >= 0.3 is 0 Å². The molecule has 0 aromatic carbocycles. The van der Waals surface area contributed by atoms with Gasteiger partial charge in [-0.2, -0.15) is 0 Å². The maximum atomic E-state index is 4.21. The molecule has 0 aromatic rings. The Hall–Kier alpha value is -0.360. The lowest BCUT2D eigenvalue weighted by molar-refractivity contribution is 0.376. The number of hydrogen-bond acceptors (Lipinski definition) is 2. The summed E-state index contributed by atoms with van der Waals surface area (Å²) >= 11 is 0. The van der Waals surface area contributed by atoms with Crippen molar-refractivity contribution in [2.24, 2.45) is 4.99 Å². The van der Waals surface area contributed by atoms with Crippen LogP contribution in [0.5, 0.6) is 0 Å². The fourth-order valence-corrected chi connectivity index (χ4v) is 2.43. The van der Waals surface area contributed by atoms with Crippen LogP contribution in [0.15, 0.2) is 16.6 Å². The van der Waals surface area contributed by atoms with Gasteiger partial charge in [-0.25, -0.2) is 0 Å². The zero-order valence-corrected chi connectivity index (χ0v) is 9.58. The van der Waals surface area contributed by atoms with E-state index in [0.717, 1.165) is 21.3 Å². The molecule has 0 radical (unpaired) electrons. The third kappa shape index (κ3) is 3.48. The number of aliphatic imine (C=N–C) groups is 1. The molecule has 1 rings (SSSR count). The minimum atomic E-state index is 0.929. The van der Waals surface area contributed by atoms with Gasteiger partial charge in [-0.15, -0.1) is 0 Å². The van der Waals surface area contributed by atoms with E-state index in [1.165, 1.54) is 24.8 Å². The predicted molar refractivity (Wildman–Crippen MR) is 61.9 cm³/mol. The fourth-order valence-electron chi connectivity index (χ4n) is 1.36. The van der Waals surface area contributed by atoms with Crippen LogP contribution in [0.3, 0.4) is 0 Å². The minimum absolute atomic E-state index is 0.929. The summed E-state index contributed by atoms with van der Waals surface area (Å²) in [5.41, 5.74) is 1.44. The van der Waals surface area contributed by atoms with E-state index in [9.17, 15) is 0 Å². The van der Waals surface area contributed by atoms with Gasteiger partial charge < -0.3 is 4.90 Å². The molecular weight excluding hydrogens is 179 g/mol. The zero-order chi connectivity index (χ0) is 9.52. The summed E-state index contributed by atoms with van der Waals surface area (Å²) in [6.07, 6.45) is 7.74. The van der Waals surface area contributed by atoms with E-state index in [0.29, 0.717) is 0 Å². The van der Waals surface area contributed by atoms with Gasteiger partial charge in [0, 0.05) is 31.7 Å². The Morgan fingerprint density at radius 1 is 1.54 bits per heavy atom. The van der Waals surface area contributed by atoms with Crippen molar-refractivity contribution >= 4 is 14.8 Å². The van der Waals surface area contributed by atoms with E-state index in [2.05, 4.69) is 23.7 Å². The van der Waals surface area contributed by atoms with Crippen LogP contribution in [0, 0.1) is 0 Å². The second-order valence-corrected chi connectivity index (χ2v) is 4.43. The minimum Gasteiger partial charge on any atom is -0.371 e. The molecule has 0 saturated carbocycles. The Kier molecular flexibility index (Phi) is 5.07. The van der Waals surface area contributed by atoms with Gasteiger partial charge in [-0.3, -0.25) is 4.99 Å². The predicted octanol–water partition coefficient (Wildman–Crippen LogP) is 2.67. The molecule has 1 aliphatic heterocycles. The summed E-state index contributed by atoms with van der Waals surface area (Å²) in [4.78, 5) is 6.67. The zero-order valence-electron chi connectivity index (χ0n) is 8.58. The highest BCUT2D eigenvalue weighted by atomic mass is 31.1. The van der Waals surface area contributed by atoms with Crippen LogP contribution >= 0.6 is 8.58 Å². The molecule has 0 aliphatic carbocycles. The van der Waals surface area contributed by atoms with Crippen molar-refractivity contribution < 1.29 is 0 Å². The van der Waals surface area contributed by atoms with Gasteiger partial charge in [0.1, 0.15) is 0 Å². The normalized spacial score (nSPS) is 17.5. The van der Waals surface area contributed by atoms with Crippen molar-refractivity contribution in [3.63, 3.8) is 0 Å². The van der Waals surface area contributed by atoms with Crippen LogP contribution in [0.25, 0.3) is 0 Å². The lowest BCUT2D eigenvalue weighted by Crippen LogP contribution is -2.22. The maximum absolute atomic E-state index is 4.21. The Morgan fingerprint density at radius 3 is 2.92 bits per heavy atom. The highest BCUT2D eigenvalue weighted by Crippen LogP contribution is 2.28. The number of rotatable bonds is 5. The first-order valence-corrected chi connectivity index (χ1v) is 6.29. The first-order chi connectivity index (χ1) is 6.38. The molecule has 0 N–H and O–H groups in total. The average molecular weight is 198 g/mol. The highest BCUT2D eigenvalue weighted by Gasteiger charge is 2.07. The fraction of sp³-hybridized carbons (Fsp3) is 0.700. The summed E-state index contributed by atoms with van der Waals surface area (Å²) in [6, 6.07) is 0. The highest BCUT2D eigenvalue weighted by molar-refractivity contribution is 7.44. The standard InChI is InChI=1S/C10H19N2P/c1-3-5-7-12(4-2)10-9-11-6-8-13-10/h6,9,13H,3-5,7-8H2,1-2H3. The molecule has 1 atom stereocenters. The van der Waals surface area contributed by atoms with Gasteiger partial charge in [0.2, 0.25) is 0 Å². The van der Waals surface area contributed by atoms with Crippen LogP contribution in [-0.4, -0.2) is 30.4 Å². The van der Waals surface area contributed by atoms with Crippen LogP contribution < -0.4 is 0 Å². The third-order valence-electron chi connectivity index (χ3n) is 2.18. The Balaban J connectivity index is 2.44. The molecular formula is C10H19N2P. The van der Waals surface area contributed by atoms with E-state index in [1.54, 1.807) is 0 Å². The maximum Gasteiger partial charge on any atom is 0.0526 e. The van der Waals surface area contributed by atoms with Gasteiger partial charge in [-0.05, 0) is 13.3 Å². The first-order valence-electron chi connectivity index (χ1n) is 5.09. The summed E-state index contributed by atoms with van der Waals surface area (Å²) in [5.74, 6) is 0. The quantitative estimate of drug-likeness (QED) is 0.620. The monoisotopic (exact) mass is 198 g/mol. The molecule has 1 aliphatic rings. The van der Waals surface area contributed by atoms with E-state index < -0.39 is 0 Å². The molecule has 2 nitrogen and oxygen atoms in total. The van der Waals surface area contributed by atoms with Crippen molar-refractivity contribution in [2.45, 2.75) is 26.7 Å². The third-order valence-corrected chi connectivity index (χ3v) is 3.37. The molecule has 13 heavy (non-hydrogen) atoms. The summed E-state index contributed by atoms with van der Waals surface area (Å²) in [6.45, 7) is 6.78. The molecule has 74 valence electrons. The van der Waals surface area contributed by atoms with Crippen molar-refractivity contribution in [1.82, 2.24) is 4.90 Å². The second-order valence-electron chi connectivity index (χ2n) is 3.16. The lowest BCUT2D eigenvalue weighted by atomic mass is 10.3. The Labute approximate surface area is 82.9 Å². The van der Waals surface area contributed by atoms with E-state index in [1.807, 2.05) is 12.4 Å². The summed E-state index contributed by atoms with van der Waals surface area (Å²) in [7, 11) is 0.929. The molecule has 0 bridgehead atoms. The van der Waals surface area contributed by atoms with E-state index >= 15 is 0 Å². The van der Waals surface area contributed by atoms with Crippen LogP contribution in [-0.2, 0) is 0 Å². The molecule has 1 heterocycles. The van der Waals surface area contributed by atoms with Gasteiger partial charge in [0.15, 0.2) is 0 Å². The lowest BCUT2D eigenvalue weighted by Gasteiger charge is -2.26. The largest absolute Gasteiger partial charge is 0.371 e. The Morgan fingerprint density at radius 2 is 2.38 bits per heavy atom. The Bertz CT molecular complexity index is 199. The van der Waals surface area contributed by atoms with Crippen molar-refractivity contribution in [3.8, 4) is 0 Å². The number of unbranched alkanes of at least 4 members (excludes halogenated alkanes) is 1. The molecule has 0 saturated heterocycles. The van der Waals surface area contributed by atoms with Crippen molar-refractivity contribution in [3.05, 3.63) is 11.6 Å². The number of hydrogen-bond donors (Lipinski definition) is 0. The number of nitrogens with zero attached hydrogens (tertiary/aromatic N) is 2. The van der Waals surface area contributed by atoms with Crippen molar-refractivity contribution in [2.75, 3.05) is 19.3 Å². The van der Waals surface area contributed by atoms with Gasteiger partial charge in [-0.1, -0.05) is 21.9 Å². The summed E-state index contributed by atoms with van der Waals surface area (Å²) < 4.78 is 0. The smallest absolute Gasteiger partial charge is 0.0526 e. The average Bonchev–Trinajstić information content (AvgIpc) is 2.21. The van der Waals surface area contributed by atoms with Crippen molar-refractivity contribution in [1.29, 1.82) is 0 Å². The van der Waals surface area contributed by atoms with Crippen LogP contribution in [0.4, 0.5) is 0 Å². The van der Waals surface area contributed by atoms with Gasteiger partial charge in [0.05, 0.1) is 5.44 Å². The molecule has 3 heteroatoms. The molecule has 1 unspecified atom stereocenters. The molecule has 0 amide bonds. The molecule has 0 spiro atoms. The van der Waals surface area contributed by atoms with Crippen LogP contribution in [0.2, 0.25) is 0 Å². The van der Waals surface area contributed by atoms with E-state index in [-0.39, 0.29) is 0 Å². The topological polar surface area (TPSA) is 15.6 Å². The van der Waals surface area contributed by atoms with Gasteiger partial charge in [0.25, 0.3) is 0 Å². The first kappa shape index (κ1) is 10.7. The second kappa shape index (κ2) is 6.15. The van der Waals surface area contributed by atoms with Crippen LogP contribution in [0.1, 0.15) is 26.7 Å². The molecule has 0 fully saturated rings.